The first kappa shape index (κ1) is 52.7. The van der Waals surface area contributed by atoms with Crippen molar-refractivity contribution in [2.75, 3.05) is 47.2 Å². The van der Waals surface area contributed by atoms with E-state index < -0.39 is 17.7 Å². The molecule has 364 valence electrons. The lowest BCUT2D eigenvalue weighted by Crippen LogP contribution is -2.29. The first-order valence-corrected chi connectivity index (χ1v) is 22.0. The normalized spacial score (nSPS) is 10.3. The summed E-state index contributed by atoms with van der Waals surface area (Å²) in [5.41, 5.74) is 0. The van der Waals surface area contributed by atoms with Gasteiger partial charge >= 0.3 is 0 Å². The third-order valence-corrected chi connectivity index (χ3v) is 10.2. The number of amides is 4. The maximum absolute atomic E-state index is 11.2. The van der Waals surface area contributed by atoms with Crippen LogP contribution in [0.3, 0.4) is 0 Å². The van der Waals surface area contributed by atoms with Gasteiger partial charge < -0.3 is 18.9 Å². The third-order valence-electron chi connectivity index (χ3n) is 10.2. The van der Waals surface area contributed by atoms with Gasteiger partial charge in [0.25, 0.3) is 5.91 Å². The molecule has 8 rings (SSSR count). The van der Waals surface area contributed by atoms with Gasteiger partial charge in [-0.3, -0.25) is 40.0 Å². The minimum Gasteiger partial charge on any atom is -0.493 e. The van der Waals surface area contributed by atoms with Crippen molar-refractivity contribution in [1.82, 2.24) is 20.3 Å². The lowest BCUT2D eigenvalue weighted by Gasteiger charge is -2.13. The summed E-state index contributed by atoms with van der Waals surface area (Å²) >= 11 is 0. The van der Waals surface area contributed by atoms with Gasteiger partial charge in [-0.2, -0.15) is 5.06 Å². The minimum atomic E-state index is -0.488. The van der Waals surface area contributed by atoms with Crippen molar-refractivity contribution in [1.29, 1.82) is 0 Å². The van der Waals surface area contributed by atoms with E-state index in [0.29, 0.717) is 31.8 Å². The number of carbonyl (C=O) groups excluding carboxylic acids is 4. The van der Waals surface area contributed by atoms with Crippen LogP contribution in [0.15, 0.2) is 170 Å². The van der Waals surface area contributed by atoms with E-state index in [1.165, 1.54) is 27.9 Å². The molecule has 0 bridgehead atoms. The van der Waals surface area contributed by atoms with Crippen LogP contribution in [0.25, 0.3) is 43.1 Å². The highest BCUT2D eigenvalue weighted by Gasteiger charge is 2.10. The predicted molar refractivity (Wildman–Crippen MR) is 265 cm³/mol. The number of nitrogens with zero attached hydrogens (tertiary/aromatic N) is 4. The molecule has 70 heavy (non-hydrogen) atoms. The molecule has 0 aliphatic rings. The van der Waals surface area contributed by atoms with Crippen LogP contribution in [0.1, 0.15) is 20.3 Å². The molecule has 0 aliphatic heterocycles. The summed E-state index contributed by atoms with van der Waals surface area (Å²) in [4.78, 5) is 43.9. The maximum Gasteiger partial charge on any atom is 0.283 e. The molecule has 0 fully saturated rings. The number of rotatable bonds is 14. The quantitative estimate of drug-likeness (QED) is 0.0458. The van der Waals surface area contributed by atoms with Gasteiger partial charge in [-0.15, -0.1) is 0 Å². The van der Waals surface area contributed by atoms with Gasteiger partial charge in [0.15, 0.2) is 13.3 Å². The number of hydrogen-bond donors (Lipinski definition) is 4. The predicted octanol–water partition coefficient (Wildman–Crippen LogP) is 9.39. The highest BCUT2D eigenvalue weighted by Crippen LogP contribution is 2.26. The lowest BCUT2D eigenvalue weighted by molar-refractivity contribution is -0.175. The fourth-order valence-electron chi connectivity index (χ4n) is 6.38. The second kappa shape index (κ2) is 26.9. The van der Waals surface area contributed by atoms with Crippen LogP contribution < -0.4 is 18.9 Å². The zero-order chi connectivity index (χ0) is 50.4. The first-order chi connectivity index (χ1) is 33.7. The number of benzene rings is 8. The highest BCUT2D eigenvalue weighted by atomic mass is 16.6. The van der Waals surface area contributed by atoms with E-state index in [1.807, 2.05) is 158 Å². The molecular weight excluding hydrogens is 897 g/mol. The summed E-state index contributed by atoms with van der Waals surface area (Å²) in [6, 6.07) is 54.4. The maximum atomic E-state index is 11.2. The van der Waals surface area contributed by atoms with Gasteiger partial charge in [0.1, 0.15) is 29.6 Å². The van der Waals surface area contributed by atoms with E-state index in [9.17, 15) is 24.4 Å². The lowest BCUT2D eigenvalue weighted by atomic mass is 10.1. The zero-order valence-corrected chi connectivity index (χ0v) is 39.3. The molecule has 0 heterocycles. The van der Waals surface area contributed by atoms with Crippen LogP contribution in [0, 0.1) is 0 Å². The SMILES string of the molecule is CC(=O)N(O)CCOc1ccc2ccccc2c1.CC(=O)N(O)COc1ccc2ccccc2c1.CN(O)C(=O)CCOc1ccc2ccccc2c1.CN(O)C(=O)COc1cccc2ccccc12. The Labute approximate surface area is 405 Å². The smallest absolute Gasteiger partial charge is 0.283 e. The van der Waals surface area contributed by atoms with Crippen molar-refractivity contribution in [3.8, 4) is 23.0 Å². The van der Waals surface area contributed by atoms with Crippen LogP contribution in [0.5, 0.6) is 23.0 Å². The Morgan fingerprint density at radius 2 is 0.843 bits per heavy atom. The Morgan fingerprint density at radius 1 is 0.429 bits per heavy atom. The van der Waals surface area contributed by atoms with Crippen LogP contribution in [-0.4, -0.2) is 112 Å². The largest absolute Gasteiger partial charge is 0.493 e. The monoisotopic (exact) mass is 952 g/mol. The Balaban J connectivity index is 0.000000174. The van der Waals surface area contributed by atoms with Gasteiger partial charge in [-0.1, -0.05) is 127 Å². The number of hydrogen-bond acceptors (Lipinski definition) is 12. The standard InChI is InChI=1S/2C14H15NO3.2C13H13NO3/c1-15(17)14(16)8-9-18-13-7-6-11-4-2-3-5-12(11)10-13;1-11(16)15(17)8-9-18-14-7-6-12-4-2-3-5-13(12)10-14;1-14(16)13(15)9-17-12-8-4-6-10-5-2-3-7-11(10)12;1-10(15)14(16)9-17-13-7-6-11-4-2-3-5-12(11)8-13/h2*2-7,10,17H,8-9H2,1H3;2*2-8,16H,9H2,1H3. The molecule has 0 atom stereocenters. The fraction of sp³-hybridized carbons (Fsp3) is 0.185. The molecule has 8 aromatic rings. The minimum absolute atomic E-state index is 0.153. The van der Waals surface area contributed by atoms with Crippen LogP contribution >= 0.6 is 0 Å². The molecular formula is C54H56N4O12. The van der Waals surface area contributed by atoms with E-state index in [2.05, 4.69) is 0 Å². The van der Waals surface area contributed by atoms with Crippen molar-refractivity contribution >= 4 is 66.7 Å². The van der Waals surface area contributed by atoms with Gasteiger partial charge in [-0.05, 0) is 80.2 Å². The molecule has 8 aromatic carbocycles. The summed E-state index contributed by atoms with van der Waals surface area (Å²) in [6.07, 6.45) is 0.153. The summed E-state index contributed by atoms with van der Waals surface area (Å²) in [6.45, 7) is 2.88. The van der Waals surface area contributed by atoms with Gasteiger partial charge in [-0.25, -0.2) is 15.2 Å². The Morgan fingerprint density at radius 3 is 1.31 bits per heavy atom. The van der Waals surface area contributed by atoms with Crippen molar-refractivity contribution in [3.05, 3.63) is 170 Å². The van der Waals surface area contributed by atoms with E-state index in [0.717, 1.165) is 54.6 Å². The average Bonchev–Trinajstić information content (AvgIpc) is 3.37. The molecule has 0 spiro atoms. The molecule has 16 heteroatoms. The Bertz CT molecular complexity index is 2980. The molecule has 0 aliphatic carbocycles. The van der Waals surface area contributed by atoms with Crippen LogP contribution in [0.2, 0.25) is 0 Å². The van der Waals surface area contributed by atoms with Crippen molar-refractivity contribution in [3.63, 3.8) is 0 Å². The number of ether oxygens (including phenoxy) is 4. The molecule has 4 N–H and O–H groups in total. The number of likely N-dealkylation sites (N-methyl/N-ethyl adjacent to an activating group) is 1. The molecule has 0 radical (unpaired) electrons. The van der Waals surface area contributed by atoms with E-state index in [4.69, 9.17) is 34.6 Å². The first-order valence-electron chi connectivity index (χ1n) is 22.0. The second-order valence-corrected chi connectivity index (χ2v) is 15.4. The Hall–Kier alpha value is -8.28. The second-order valence-electron chi connectivity index (χ2n) is 15.4. The fourth-order valence-corrected chi connectivity index (χ4v) is 6.38. The summed E-state index contributed by atoms with van der Waals surface area (Å²) < 4.78 is 21.6. The molecule has 4 amide bonds. The molecule has 0 aromatic heterocycles. The van der Waals surface area contributed by atoms with Gasteiger partial charge in [0.2, 0.25) is 17.7 Å². The molecule has 0 saturated carbocycles. The van der Waals surface area contributed by atoms with Crippen molar-refractivity contribution < 1.29 is 59.0 Å². The molecule has 16 nitrogen and oxygen atoms in total. The summed E-state index contributed by atoms with van der Waals surface area (Å²) in [5.74, 6) is 1.01. The Kier molecular flexibility index (Phi) is 20.2. The highest BCUT2D eigenvalue weighted by molar-refractivity contribution is 5.89. The zero-order valence-electron chi connectivity index (χ0n) is 39.3. The molecule has 0 saturated heterocycles. The summed E-state index contributed by atoms with van der Waals surface area (Å²) in [5, 5.41) is 47.1. The number of hydroxylamine groups is 8. The van der Waals surface area contributed by atoms with Gasteiger partial charge in [0, 0.05) is 33.3 Å². The topological polar surface area (TPSA) is 199 Å². The molecule has 0 unspecified atom stereocenters. The van der Waals surface area contributed by atoms with E-state index in [1.54, 1.807) is 12.1 Å². The van der Waals surface area contributed by atoms with Gasteiger partial charge in [0.05, 0.1) is 19.6 Å². The summed E-state index contributed by atoms with van der Waals surface area (Å²) in [7, 11) is 2.58. The third kappa shape index (κ3) is 16.8. The van der Waals surface area contributed by atoms with Crippen LogP contribution in [0.4, 0.5) is 0 Å². The average molecular weight is 953 g/mol. The van der Waals surface area contributed by atoms with E-state index in [-0.39, 0.29) is 45.4 Å². The van der Waals surface area contributed by atoms with Crippen molar-refractivity contribution in [2.45, 2.75) is 20.3 Å². The number of fused-ring (bicyclic) bond motifs is 4. The van der Waals surface area contributed by atoms with Crippen molar-refractivity contribution in [2.24, 2.45) is 0 Å². The number of carbonyl (C=O) groups is 4. The van der Waals surface area contributed by atoms with E-state index >= 15 is 0 Å². The van der Waals surface area contributed by atoms with Crippen LogP contribution in [-0.2, 0) is 19.2 Å².